The van der Waals surface area contributed by atoms with E-state index >= 15 is 0 Å². The number of phenolic OH excluding ortho intramolecular Hbond substituents is 1. The highest BCUT2D eigenvalue weighted by Crippen LogP contribution is 2.32. The summed E-state index contributed by atoms with van der Waals surface area (Å²) in [5.74, 6) is 0.615. The first kappa shape index (κ1) is 21.7. The van der Waals surface area contributed by atoms with E-state index in [1.54, 1.807) is 17.0 Å². The molecule has 1 saturated heterocycles. The fourth-order valence-corrected chi connectivity index (χ4v) is 4.77. The van der Waals surface area contributed by atoms with E-state index in [0.29, 0.717) is 25.3 Å². The van der Waals surface area contributed by atoms with Gasteiger partial charge in [0, 0.05) is 37.6 Å². The minimum Gasteiger partial charge on any atom is -0.507 e. The van der Waals surface area contributed by atoms with Crippen molar-refractivity contribution >= 4 is 16.8 Å². The number of amides is 1. The largest absolute Gasteiger partial charge is 0.507 e. The number of fused-ring (bicyclic) bond motifs is 2. The van der Waals surface area contributed by atoms with Crippen molar-refractivity contribution in [1.82, 2.24) is 25.3 Å². The summed E-state index contributed by atoms with van der Waals surface area (Å²) < 4.78 is 5.77. The molecule has 0 aliphatic carbocycles. The van der Waals surface area contributed by atoms with E-state index in [1.807, 2.05) is 25.2 Å². The highest BCUT2D eigenvalue weighted by atomic mass is 16.5. The van der Waals surface area contributed by atoms with Crippen LogP contribution in [0.1, 0.15) is 46.4 Å². The average Bonchev–Trinajstić information content (AvgIpc) is 3.42. The normalized spacial score (nSPS) is 16.3. The van der Waals surface area contributed by atoms with Gasteiger partial charge in [-0.2, -0.15) is 5.10 Å². The predicted octanol–water partition coefficient (Wildman–Crippen LogP) is 3.01. The monoisotopic (exact) mass is 449 g/mol. The molecule has 2 aliphatic rings. The van der Waals surface area contributed by atoms with Gasteiger partial charge in [0.25, 0.3) is 5.91 Å². The van der Waals surface area contributed by atoms with E-state index in [-0.39, 0.29) is 11.7 Å². The standard InChI is InChI=1S/C25H31N5O3/c1-26-7-10-33-19-6-5-17-14-30(15-18(17)11-19)25(32)21-12-20-22(13-24(21)31)27-28-23(20)16-29-8-3-2-4-9-29/h5-6,11-13,26,31H,2-4,7-10,14-16H2,1H3,(H,27,28). The zero-order valence-electron chi connectivity index (χ0n) is 19.1. The molecule has 1 amide bonds. The van der Waals surface area contributed by atoms with Gasteiger partial charge in [-0.3, -0.25) is 14.8 Å². The summed E-state index contributed by atoms with van der Waals surface area (Å²) in [4.78, 5) is 17.6. The van der Waals surface area contributed by atoms with Gasteiger partial charge in [0.15, 0.2) is 0 Å². The molecule has 0 atom stereocenters. The van der Waals surface area contributed by atoms with Gasteiger partial charge in [-0.25, -0.2) is 0 Å². The number of benzene rings is 2. The van der Waals surface area contributed by atoms with Crippen LogP contribution < -0.4 is 10.1 Å². The molecule has 8 nitrogen and oxygen atoms in total. The van der Waals surface area contributed by atoms with Gasteiger partial charge < -0.3 is 20.1 Å². The number of ether oxygens (including phenoxy) is 1. The lowest BCUT2D eigenvalue weighted by Crippen LogP contribution is -2.29. The first-order valence-corrected chi connectivity index (χ1v) is 11.7. The number of hydrogen-bond donors (Lipinski definition) is 3. The highest BCUT2D eigenvalue weighted by Gasteiger charge is 2.27. The number of nitrogens with one attached hydrogen (secondary N) is 2. The van der Waals surface area contributed by atoms with Gasteiger partial charge in [0.05, 0.1) is 16.8 Å². The first-order chi connectivity index (χ1) is 16.1. The predicted molar refractivity (Wildman–Crippen MR) is 126 cm³/mol. The molecule has 3 heterocycles. The van der Waals surface area contributed by atoms with Crippen molar-refractivity contribution in [2.75, 3.05) is 33.3 Å². The Balaban J connectivity index is 1.34. The van der Waals surface area contributed by atoms with Crippen molar-refractivity contribution in [3.05, 3.63) is 52.7 Å². The van der Waals surface area contributed by atoms with Crippen LogP contribution in [-0.2, 0) is 19.6 Å². The summed E-state index contributed by atoms with van der Waals surface area (Å²) >= 11 is 0. The number of hydrogen-bond acceptors (Lipinski definition) is 6. The second kappa shape index (κ2) is 9.41. The molecule has 1 fully saturated rings. The third-order valence-corrected chi connectivity index (χ3v) is 6.62. The zero-order valence-corrected chi connectivity index (χ0v) is 19.1. The van der Waals surface area contributed by atoms with Crippen molar-refractivity contribution in [3.63, 3.8) is 0 Å². The van der Waals surface area contributed by atoms with Gasteiger partial charge in [-0.15, -0.1) is 0 Å². The number of aromatic hydroxyl groups is 1. The molecule has 5 rings (SSSR count). The second-order valence-corrected chi connectivity index (χ2v) is 8.97. The van der Waals surface area contributed by atoms with Gasteiger partial charge in [-0.05, 0) is 62.3 Å². The van der Waals surface area contributed by atoms with Crippen molar-refractivity contribution in [3.8, 4) is 11.5 Å². The fourth-order valence-electron chi connectivity index (χ4n) is 4.77. The lowest BCUT2D eigenvalue weighted by Gasteiger charge is -2.25. The highest BCUT2D eigenvalue weighted by molar-refractivity contribution is 6.01. The van der Waals surface area contributed by atoms with E-state index in [9.17, 15) is 9.90 Å². The molecule has 1 aromatic heterocycles. The van der Waals surface area contributed by atoms with E-state index < -0.39 is 0 Å². The van der Waals surface area contributed by atoms with Crippen LogP contribution in [0.2, 0.25) is 0 Å². The number of likely N-dealkylation sites (N-methyl/N-ethyl adjacent to an activating group) is 1. The maximum atomic E-state index is 13.4. The molecule has 0 radical (unpaired) electrons. The number of carbonyl (C=O) groups is 1. The third-order valence-electron chi connectivity index (χ3n) is 6.62. The van der Waals surface area contributed by atoms with Gasteiger partial charge >= 0.3 is 0 Å². The topological polar surface area (TPSA) is 93.7 Å². The Labute approximate surface area is 193 Å². The maximum Gasteiger partial charge on any atom is 0.258 e. The molecule has 0 unspecified atom stereocenters. The number of rotatable bonds is 7. The number of nitrogens with zero attached hydrogens (tertiary/aromatic N) is 3. The van der Waals surface area contributed by atoms with Crippen molar-refractivity contribution in [2.24, 2.45) is 0 Å². The molecule has 0 bridgehead atoms. The Bertz CT molecular complexity index is 1150. The molecule has 3 N–H and O–H groups in total. The number of phenols is 1. The van der Waals surface area contributed by atoms with Gasteiger partial charge in [0.1, 0.15) is 18.1 Å². The number of piperidine rings is 1. The van der Waals surface area contributed by atoms with Crippen LogP contribution in [0.25, 0.3) is 10.9 Å². The van der Waals surface area contributed by atoms with Crippen LogP contribution in [0.15, 0.2) is 30.3 Å². The van der Waals surface area contributed by atoms with Crippen LogP contribution in [0.4, 0.5) is 0 Å². The number of aromatic nitrogens is 2. The Morgan fingerprint density at radius 1 is 1.15 bits per heavy atom. The Morgan fingerprint density at radius 3 is 2.79 bits per heavy atom. The maximum absolute atomic E-state index is 13.4. The van der Waals surface area contributed by atoms with Crippen molar-refractivity contribution < 1.29 is 14.6 Å². The first-order valence-electron chi connectivity index (χ1n) is 11.7. The minimum atomic E-state index is -0.173. The van der Waals surface area contributed by atoms with Crippen LogP contribution >= 0.6 is 0 Å². The zero-order chi connectivity index (χ0) is 22.8. The summed E-state index contributed by atoms with van der Waals surface area (Å²) in [5.41, 5.74) is 4.19. The summed E-state index contributed by atoms with van der Waals surface area (Å²) in [6.07, 6.45) is 3.71. The smallest absolute Gasteiger partial charge is 0.258 e. The second-order valence-electron chi connectivity index (χ2n) is 8.97. The van der Waals surface area contributed by atoms with E-state index in [1.165, 1.54) is 19.3 Å². The lowest BCUT2D eigenvalue weighted by atomic mass is 10.1. The SMILES string of the molecule is CNCCOc1ccc2c(c1)CN(C(=O)c1cc3c(CN4CCCCC4)n[nH]c3cc1O)C2. The average molecular weight is 450 g/mol. The minimum absolute atomic E-state index is 0.0206. The number of likely N-dealkylation sites (tertiary alicyclic amines) is 1. The Hall–Kier alpha value is -3.10. The molecule has 8 heteroatoms. The van der Waals surface area contributed by atoms with E-state index in [2.05, 4.69) is 20.4 Å². The van der Waals surface area contributed by atoms with E-state index in [0.717, 1.165) is 59.7 Å². The van der Waals surface area contributed by atoms with Crippen molar-refractivity contribution in [2.45, 2.75) is 38.9 Å². The molecule has 174 valence electrons. The van der Waals surface area contributed by atoms with Crippen molar-refractivity contribution in [1.29, 1.82) is 0 Å². The molecule has 2 aromatic carbocycles. The summed E-state index contributed by atoms with van der Waals surface area (Å²) in [6.45, 7) is 5.29. The van der Waals surface area contributed by atoms with Gasteiger partial charge in [-0.1, -0.05) is 12.5 Å². The van der Waals surface area contributed by atoms with Crippen LogP contribution in [0, 0.1) is 0 Å². The summed E-state index contributed by atoms with van der Waals surface area (Å²) in [5, 5.41) is 22.1. The molecular weight excluding hydrogens is 418 g/mol. The van der Waals surface area contributed by atoms with Crippen LogP contribution in [0.3, 0.4) is 0 Å². The lowest BCUT2D eigenvalue weighted by molar-refractivity contribution is 0.0748. The fraction of sp³-hybridized carbons (Fsp3) is 0.440. The number of carbonyl (C=O) groups excluding carboxylic acids is 1. The van der Waals surface area contributed by atoms with E-state index in [4.69, 9.17) is 4.74 Å². The summed E-state index contributed by atoms with van der Waals surface area (Å²) in [6, 6.07) is 9.39. The molecule has 0 saturated carbocycles. The quantitative estimate of drug-likeness (QED) is 0.480. The molecule has 33 heavy (non-hydrogen) atoms. The molecule has 2 aliphatic heterocycles. The number of H-pyrrole nitrogens is 1. The summed E-state index contributed by atoms with van der Waals surface area (Å²) in [7, 11) is 1.89. The van der Waals surface area contributed by atoms with Crippen LogP contribution in [-0.4, -0.2) is 64.3 Å². The van der Waals surface area contributed by atoms with Crippen LogP contribution in [0.5, 0.6) is 11.5 Å². The Morgan fingerprint density at radius 2 is 1.97 bits per heavy atom. The molecular formula is C25H31N5O3. The molecule has 3 aromatic rings. The molecule has 0 spiro atoms. The third kappa shape index (κ3) is 4.54. The Kier molecular flexibility index (Phi) is 6.20. The number of aromatic amines is 1. The van der Waals surface area contributed by atoms with Gasteiger partial charge in [0.2, 0.25) is 0 Å².